The van der Waals surface area contributed by atoms with E-state index in [4.69, 9.17) is 0 Å². The minimum atomic E-state index is -0.0515. The van der Waals surface area contributed by atoms with Crippen molar-refractivity contribution in [3.63, 3.8) is 0 Å². The van der Waals surface area contributed by atoms with Crippen LogP contribution in [0.3, 0.4) is 0 Å². The molecule has 0 bridgehead atoms. The van der Waals surface area contributed by atoms with Crippen LogP contribution in [-0.2, 0) is 6.42 Å². The predicted octanol–water partition coefficient (Wildman–Crippen LogP) is 4.59. The number of hydrogen-bond donors (Lipinski definition) is 1. The number of carbonyl (C=O) groups excluding carboxylic acids is 1. The minimum absolute atomic E-state index is 0.0515. The van der Waals surface area contributed by atoms with E-state index in [1.165, 1.54) is 18.4 Å². The number of unbranched alkanes of at least 4 members (excludes halogenated alkanes) is 1. The quantitative estimate of drug-likeness (QED) is 0.843. The highest BCUT2D eigenvalue weighted by Gasteiger charge is 2.08. The number of amides is 1. The minimum Gasteiger partial charge on any atom is -0.322 e. The second-order valence-corrected chi connectivity index (χ2v) is 5.07. The van der Waals surface area contributed by atoms with E-state index in [1.54, 1.807) is 0 Å². The lowest BCUT2D eigenvalue weighted by molar-refractivity contribution is 0.102. The zero-order valence-electron chi connectivity index (χ0n) is 12.1. The van der Waals surface area contributed by atoms with Gasteiger partial charge in [-0.2, -0.15) is 0 Å². The summed E-state index contributed by atoms with van der Waals surface area (Å²) in [6.45, 7) is 4.14. The summed E-state index contributed by atoms with van der Waals surface area (Å²) in [4.78, 5) is 12.2. The lowest BCUT2D eigenvalue weighted by Gasteiger charge is -2.08. The third-order valence-electron chi connectivity index (χ3n) is 3.42. The van der Waals surface area contributed by atoms with Gasteiger partial charge in [0, 0.05) is 11.3 Å². The van der Waals surface area contributed by atoms with Crippen LogP contribution < -0.4 is 5.32 Å². The van der Waals surface area contributed by atoms with Gasteiger partial charge in [-0.05, 0) is 49.1 Å². The summed E-state index contributed by atoms with van der Waals surface area (Å²) >= 11 is 0. The topological polar surface area (TPSA) is 29.1 Å². The Kier molecular flexibility index (Phi) is 4.94. The number of nitrogens with one attached hydrogen (secondary N) is 1. The van der Waals surface area contributed by atoms with Crippen LogP contribution >= 0.6 is 0 Å². The highest BCUT2D eigenvalue weighted by atomic mass is 16.1. The molecule has 1 amide bonds. The van der Waals surface area contributed by atoms with Crippen LogP contribution in [0.2, 0.25) is 0 Å². The molecule has 2 nitrogen and oxygen atoms in total. The van der Waals surface area contributed by atoms with Gasteiger partial charge in [0.2, 0.25) is 0 Å². The Hall–Kier alpha value is -2.09. The molecule has 0 saturated heterocycles. The second kappa shape index (κ2) is 6.90. The predicted molar refractivity (Wildman–Crippen MR) is 84.2 cm³/mol. The largest absolute Gasteiger partial charge is 0.322 e. The molecule has 0 spiro atoms. The van der Waals surface area contributed by atoms with Crippen LogP contribution in [0.25, 0.3) is 0 Å². The average molecular weight is 267 g/mol. The molecule has 0 fully saturated rings. The molecule has 2 aromatic carbocycles. The van der Waals surface area contributed by atoms with Crippen molar-refractivity contribution in [1.82, 2.24) is 0 Å². The molecular formula is C18H21NO. The van der Waals surface area contributed by atoms with E-state index in [-0.39, 0.29) is 5.91 Å². The van der Waals surface area contributed by atoms with Crippen molar-refractivity contribution >= 4 is 11.6 Å². The Morgan fingerprint density at radius 1 is 1.05 bits per heavy atom. The van der Waals surface area contributed by atoms with Crippen molar-refractivity contribution in [1.29, 1.82) is 0 Å². The van der Waals surface area contributed by atoms with Gasteiger partial charge in [0.1, 0.15) is 0 Å². The number of rotatable bonds is 5. The van der Waals surface area contributed by atoms with E-state index in [9.17, 15) is 4.79 Å². The van der Waals surface area contributed by atoms with Gasteiger partial charge >= 0.3 is 0 Å². The molecule has 1 N–H and O–H groups in total. The molecule has 0 aromatic heterocycles. The van der Waals surface area contributed by atoms with Gasteiger partial charge in [0.25, 0.3) is 5.91 Å². The molecule has 0 aliphatic heterocycles. The van der Waals surface area contributed by atoms with E-state index in [2.05, 4.69) is 24.4 Å². The first kappa shape index (κ1) is 14.3. The zero-order chi connectivity index (χ0) is 14.4. The van der Waals surface area contributed by atoms with Crippen molar-refractivity contribution in [2.24, 2.45) is 0 Å². The van der Waals surface area contributed by atoms with Crippen LogP contribution in [0.4, 0.5) is 5.69 Å². The van der Waals surface area contributed by atoms with Crippen molar-refractivity contribution in [3.8, 4) is 0 Å². The summed E-state index contributed by atoms with van der Waals surface area (Å²) in [6.07, 6.45) is 3.50. The Balaban J connectivity index is 2.03. The first-order chi connectivity index (χ1) is 9.70. The molecule has 0 saturated carbocycles. The summed E-state index contributed by atoms with van der Waals surface area (Å²) in [7, 11) is 0. The lowest BCUT2D eigenvalue weighted by Crippen LogP contribution is -2.13. The molecule has 2 heteroatoms. The Bertz CT molecular complexity index is 572. The van der Waals surface area contributed by atoms with Crippen molar-refractivity contribution in [2.75, 3.05) is 5.32 Å². The fraction of sp³-hybridized carbons (Fsp3) is 0.278. The second-order valence-electron chi connectivity index (χ2n) is 5.07. The molecule has 2 aromatic rings. The Morgan fingerprint density at radius 2 is 1.75 bits per heavy atom. The van der Waals surface area contributed by atoms with Gasteiger partial charge in [-0.15, -0.1) is 0 Å². The van der Waals surface area contributed by atoms with Gasteiger partial charge in [-0.1, -0.05) is 43.7 Å². The summed E-state index contributed by atoms with van der Waals surface area (Å²) in [5.74, 6) is -0.0515. The Morgan fingerprint density at radius 3 is 2.40 bits per heavy atom. The molecule has 0 aliphatic carbocycles. The van der Waals surface area contributed by atoms with Crippen molar-refractivity contribution < 1.29 is 4.79 Å². The summed E-state index contributed by atoms with van der Waals surface area (Å²) < 4.78 is 0. The molecule has 0 radical (unpaired) electrons. The highest BCUT2D eigenvalue weighted by molar-refractivity contribution is 6.05. The molecule has 0 heterocycles. The van der Waals surface area contributed by atoms with Gasteiger partial charge in [-0.3, -0.25) is 4.79 Å². The van der Waals surface area contributed by atoms with E-state index in [0.29, 0.717) is 0 Å². The number of aryl methyl sites for hydroxylation is 2. The van der Waals surface area contributed by atoms with Gasteiger partial charge in [-0.25, -0.2) is 0 Å². The average Bonchev–Trinajstić information content (AvgIpc) is 2.47. The van der Waals surface area contributed by atoms with Crippen LogP contribution in [0.1, 0.15) is 41.3 Å². The van der Waals surface area contributed by atoms with Crippen LogP contribution in [0.5, 0.6) is 0 Å². The molecule has 0 aliphatic rings. The number of hydrogen-bond acceptors (Lipinski definition) is 1. The summed E-state index contributed by atoms with van der Waals surface area (Å²) in [5.41, 5.74) is 3.88. The fourth-order valence-electron chi connectivity index (χ4n) is 2.16. The van der Waals surface area contributed by atoms with Crippen molar-refractivity contribution in [2.45, 2.75) is 33.1 Å². The molecule has 104 valence electrons. The van der Waals surface area contributed by atoms with E-state index in [0.717, 1.165) is 23.2 Å². The maximum absolute atomic E-state index is 12.2. The van der Waals surface area contributed by atoms with Crippen LogP contribution in [-0.4, -0.2) is 5.91 Å². The number of benzene rings is 2. The lowest BCUT2D eigenvalue weighted by atomic mass is 10.1. The summed E-state index contributed by atoms with van der Waals surface area (Å²) in [6, 6.07) is 15.7. The van der Waals surface area contributed by atoms with E-state index >= 15 is 0 Å². The standard InChI is InChI=1S/C18H21NO/c1-3-4-8-15-10-12-16(13-11-15)19-18(20)17-9-6-5-7-14(17)2/h5-7,9-13H,3-4,8H2,1-2H3,(H,19,20). The van der Waals surface area contributed by atoms with Crippen LogP contribution in [0, 0.1) is 6.92 Å². The van der Waals surface area contributed by atoms with Crippen LogP contribution in [0.15, 0.2) is 48.5 Å². The third-order valence-corrected chi connectivity index (χ3v) is 3.42. The van der Waals surface area contributed by atoms with Gasteiger partial charge in [0.05, 0.1) is 0 Å². The summed E-state index contributed by atoms with van der Waals surface area (Å²) in [5, 5.41) is 2.94. The molecule has 0 atom stereocenters. The maximum Gasteiger partial charge on any atom is 0.255 e. The normalized spacial score (nSPS) is 10.3. The Labute approximate surface area is 120 Å². The first-order valence-corrected chi connectivity index (χ1v) is 7.16. The number of anilines is 1. The number of carbonyl (C=O) groups is 1. The molecule has 2 rings (SSSR count). The van der Waals surface area contributed by atoms with Crippen molar-refractivity contribution in [3.05, 3.63) is 65.2 Å². The molecule has 0 unspecified atom stereocenters. The monoisotopic (exact) mass is 267 g/mol. The van der Waals surface area contributed by atoms with Gasteiger partial charge < -0.3 is 5.32 Å². The van der Waals surface area contributed by atoms with E-state index < -0.39 is 0 Å². The zero-order valence-corrected chi connectivity index (χ0v) is 12.1. The van der Waals surface area contributed by atoms with Gasteiger partial charge in [0.15, 0.2) is 0 Å². The first-order valence-electron chi connectivity index (χ1n) is 7.16. The molecular weight excluding hydrogens is 246 g/mol. The van der Waals surface area contributed by atoms with E-state index in [1.807, 2.05) is 43.3 Å². The smallest absolute Gasteiger partial charge is 0.255 e. The highest BCUT2D eigenvalue weighted by Crippen LogP contribution is 2.14. The maximum atomic E-state index is 12.2. The SMILES string of the molecule is CCCCc1ccc(NC(=O)c2ccccc2C)cc1. The molecule has 20 heavy (non-hydrogen) atoms. The third kappa shape index (κ3) is 3.70. The fourth-order valence-corrected chi connectivity index (χ4v) is 2.16.